The normalized spacial score (nSPS) is 10.3. The molecule has 0 atom stereocenters. The lowest BCUT2D eigenvalue weighted by atomic mass is 10.1. The zero-order chi connectivity index (χ0) is 16.1. The molecule has 3 rings (SSSR count). The Morgan fingerprint density at radius 2 is 1.96 bits per heavy atom. The third-order valence-corrected chi connectivity index (χ3v) is 3.67. The van der Waals surface area contributed by atoms with Gasteiger partial charge >= 0.3 is 0 Å². The van der Waals surface area contributed by atoms with Crippen LogP contribution in [0.5, 0.6) is 0 Å². The third kappa shape index (κ3) is 3.78. The molecule has 0 unspecified atom stereocenters. The molecule has 1 amide bonds. The molecule has 0 bridgehead atoms. The Morgan fingerprint density at radius 3 is 2.74 bits per heavy atom. The number of carbonyl (C=O) groups is 1. The Hall–Kier alpha value is -2.60. The molecule has 0 spiro atoms. The predicted octanol–water partition coefficient (Wildman–Crippen LogP) is 3.23. The first-order valence-electron chi connectivity index (χ1n) is 6.97. The van der Waals surface area contributed by atoms with Gasteiger partial charge in [-0.15, -0.1) is 0 Å². The number of nitrogens with one attached hydrogen (secondary N) is 1. The Kier molecular flexibility index (Phi) is 4.73. The summed E-state index contributed by atoms with van der Waals surface area (Å²) < 4.78 is 0.766. The lowest BCUT2D eigenvalue weighted by molar-refractivity contribution is 0.0950. The second-order valence-corrected chi connectivity index (χ2v) is 5.74. The molecule has 3 aromatic rings. The molecule has 3 heterocycles. The van der Waals surface area contributed by atoms with E-state index in [1.807, 2.05) is 24.3 Å². The number of aromatic nitrogens is 3. The van der Waals surface area contributed by atoms with E-state index in [1.165, 1.54) is 6.20 Å². The van der Waals surface area contributed by atoms with Crippen molar-refractivity contribution in [1.82, 2.24) is 20.3 Å². The van der Waals surface area contributed by atoms with Crippen LogP contribution < -0.4 is 5.32 Å². The van der Waals surface area contributed by atoms with Crippen molar-refractivity contribution < 1.29 is 4.79 Å². The Bertz CT molecular complexity index is 824. The number of nitrogens with zero attached hydrogens (tertiary/aromatic N) is 3. The number of carbonyl (C=O) groups excluding carboxylic acids is 1. The molecule has 114 valence electrons. The van der Waals surface area contributed by atoms with Crippen LogP contribution in [0.25, 0.3) is 11.3 Å². The number of hydrogen-bond acceptors (Lipinski definition) is 4. The molecule has 0 aliphatic carbocycles. The SMILES string of the molecule is O=C(NCc1cccnc1-c1cccnc1)c1cncc(Br)c1. The summed E-state index contributed by atoms with van der Waals surface area (Å²) in [6.07, 6.45) is 8.37. The highest BCUT2D eigenvalue weighted by molar-refractivity contribution is 9.10. The third-order valence-electron chi connectivity index (χ3n) is 3.23. The van der Waals surface area contributed by atoms with Crippen molar-refractivity contribution >= 4 is 21.8 Å². The fraction of sp³-hybridized carbons (Fsp3) is 0.0588. The van der Waals surface area contributed by atoms with E-state index in [9.17, 15) is 4.79 Å². The second-order valence-electron chi connectivity index (χ2n) is 4.83. The van der Waals surface area contributed by atoms with Crippen LogP contribution in [0.4, 0.5) is 0 Å². The van der Waals surface area contributed by atoms with Crippen LogP contribution in [0.1, 0.15) is 15.9 Å². The molecule has 0 aromatic carbocycles. The lowest BCUT2D eigenvalue weighted by Gasteiger charge is -2.10. The summed E-state index contributed by atoms with van der Waals surface area (Å²) in [4.78, 5) is 24.7. The van der Waals surface area contributed by atoms with Gasteiger partial charge in [0.1, 0.15) is 0 Å². The molecule has 23 heavy (non-hydrogen) atoms. The second kappa shape index (κ2) is 7.11. The van der Waals surface area contributed by atoms with Gasteiger partial charge in [-0.25, -0.2) is 0 Å². The van der Waals surface area contributed by atoms with Gasteiger partial charge in [-0.05, 0) is 45.8 Å². The highest BCUT2D eigenvalue weighted by atomic mass is 79.9. The largest absolute Gasteiger partial charge is 0.348 e. The molecule has 5 nitrogen and oxygen atoms in total. The van der Waals surface area contributed by atoms with Gasteiger partial charge in [0, 0.05) is 47.6 Å². The summed E-state index contributed by atoms with van der Waals surface area (Å²) in [7, 11) is 0. The van der Waals surface area contributed by atoms with Gasteiger partial charge in [-0.1, -0.05) is 6.07 Å². The quantitative estimate of drug-likeness (QED) is 0.767. The number of pyridine rings is 3. The van der Waals surface area contributed by atoms with E-state index >= 15 is 0 Å². The van der Waals surface area contributed by atoms with Gasteiger partial charge in [0.25, 0.3) is 5.91 Å². The standard InChI is InChI=1S/C17H13BrN4O/c18-15-7-14(9-20-11-15)17(23)22-10-13-4-2-6-21-16(13)12-3-1-5-19-8-12/h1-9,11H,10H2,(H,22,23). The van der Waals surface area contributed by atoms with Gasteiger partial charge in [0.05, 0.1) is 11.3 Å². The number of hydrogen-bond donors (Lipinski definition) is 1. The molecule has 0 aliphatic heterocycles. The Morgan fingerprint density at radius 1 is 1.09 bits per heavy atom. The molecular weight excluding hydrogens is 356 g/mol. The topological polar surface area (TPSA) is 67.8 Å². The average molecular weight is 369 g/mol. The summed E-state index contributed by atoms with van der Waals surface area (Å²) in [5.74, 6) is -0.181. The van der Waals surface area contributed by atoms with Crippen LogP contribution in [-0.4, -0.2) is 20.9 Å². The van der Waals surface area contributed by atoms with E-state index in [2.05, 4.69) is 36.2 Å². The zero-order valence-corrected chi connectivity index (χ0v) is 13.7. The van der Waals surface area contributed by atoms with Crippen LogP contribution in [0.3, 0.4) is 0 Å². The average Bonchev–Trinajstić information content (AvgIpc) is 2.60. The van der Waals surface area contributed by atoms with Gasteiger partial charge in [-0.2, -0.15) is 0 Å². The maximum Gasteiger partial charge on any atom is 0.253 e. The van der Waals surface area contributed by atoms with Crippen molar-refractivity contribution in [2.24, 2.45) is 0 Å². The van der Waals surface area contributed by atoms with Gasteiger partial charge in [0.2, 0.25) is 0 Å². The number of halogens is 1. The van der Waals surface area contributed by atoms with Gasteiger partial charge < -0.3 is 5.32 Å². The van der Waals surface area contributed by atoms with Crippen LogP contribution in [0.2, 0.25) is 0 Å². The van der Waals surface area contributed by atoms with E-state index in [0.29, 0.717) is 12.1 Å². The maximum atomic E-state index is 12.2. The minimum Gasteiger partial charge on any atom is -0.348 e. The molecule has 1 N–H and O–H groups in total. The van der Waals surface area contributed by atoms with Gasteiger partial charge in [0.15, 0.2) is 0 Å². The highest BCUT2D eigenvalue weighted by Gasteiger charge is 2.10. The molecule has 3 aromatic heterocycles. The summed E-state index contributed by atoms with van der Waals surface area (Å²) in [5.41, 5.74) is 3.16. The van der Waals surface area contributed by atoms with Crippen molar-refractivity contribution in [3.8, 4) is 11.3 Å². The molecule has 0 aliphatic rings. The highest BCUT2D eigenvalue weighted by Crippen LogP contribution is 2.20. The zero-order valence-electron chi connectivity index (χ0n) is 12.1. The summed E-state index contributed by atoms with van der Waals surface area (Å²) >= 11 is 3.31. The monoisotopic (exact) mass is 368 g/mol. The van der Waals surface area contributed by atoms with Crippen LogP contribution in [-0.2, 0) is 6.54 Å². The minimum absolute atomic E-state index is 0.181. The number of rotatable bonds is 4. The smallest absolute Gasteiger partial charge is 0.253 e. The van der Waals surface area contributed by atoms with E-state index in [4.69, 9.17) is 0 Å². The van der Waals surface area contributed by atoms with Crippen LogP contribution in [0, 0.1) is 0 Å². The summed E-state index contributed by atoms with van der Waals surface area (Å²) in [6.45, 7) is 0.378. The molecule has 0 saturated heterocycles. The van der Waals surface area contributed by atoms with Crippen LogP contribution >= 0.6 is 15.9 Å². The fourth-order valence-corrected chi connectivity index (χ4v) is 2.52. The van der Waals surface area contributed by atoms with E-state index in [0.717, 1.165) is 21.3 Å². The van der Waals surface area contributed by atoms with E-state index in [1.54, 1.807) is 30.9 Å². The van der Waals surface area contributed by atoms with Crippen molar-refractivity contribution in [1.29, 1.82) is 0 Å². The first-order valence-corrected chi connectivity index (χ1v) is 7.76. The first-order chi connectivity index (χ1) is 11.2. The summed E-state index contributed by atoms with van der Waals surface area (Å²) in [6, 6.07) is 9.32. The van der Waals surface area contributed by atoms with Crippen molar-refractivity contribution in [3.63, 3.8) is 0 Å². The molecule has 0 radical (unpaired) electrons. The van der Waals surface area contributed by atoms with Gasteiger partial charge in [-0.3, -0.25) is 19.7 Å². The number of amides is 1. The molecule has 6 heteroatoms. The maximum absolute atomic E-state index is 12.2. The Balaban J connectivity index is 1.78. The Labute approximate surface area is 142 Å². The fourth-order valence-electron chi connectivity index (χ4n) is 2.16. The van der Waals surface area contributed by atoms with E-state index < -0.39 is 0 Å². The van der Waals surface area contributed by atoms with Crippen molar-refractivity contribution in [3.05, 3.63) is 76.9 Å². The van der Waals surface area contributed by atoms with Crippen LogP contribution in [0.15, 0.2) is 65.8 Å². The molecular formula is C17H13BrN4O. The predicted molar refractivity (Wildman–Crippen MR) is 90.6 cm³/mol. The molecule has 0 saturated carbocycles. The van der Waals surface area contributed by atoms with Crippen molar-refractivity contribution in [2.75, 3.05) is 0 Å². The lowest BCUT2D eigenvalue weighted by Crippen LogP contribution is -2.23. The van der Waals surface area contributed by atoms with Crippen molar-refractivity contribution in [2.45, 2.75) is 6.54 Å². The summed E-state index contributed by atoms with van der Waals surface area (Å²) in [5, 5.41) is 2.89. The molecule has 0 fully saturated rings. The van der Waals surface area contributed by atoms with E-state index in [-0.39, 0.29) is 5.91 Å². The minimum atomic E-state index is -0.181. The first kappa shape index (κ1) is 15.3.